The average molecular weight is 228 g/mol. The standard InChI is InChI=1S/C10H18N2O2.C2H6/c1-2-11-5-7-12(8-6-11)10(13)14-9-3-4-9;1-2/h9H,2-8H2,1H3;1-2H3. The van der Waals surface area contributed by atoms with Crippen LogP contribution < -0.4 is 0 Å². The lowest BCUT2D eigenvalue weighted by atomic mass is 10.3. The van der Waals surface area contributed by atoms with E-state index in [0.717, 1.165) is 45.6 Å². The number of hydrogen-bond donors (Lipinski definition) is 0. The van der Waals surface area contributed by atoms with Crippen LogP contribution in [0.2, 0.25) is 0 Å². The number of amides is 1. The summed E-state index contributed by atoms with van der Waals surface area (Å²) >= 11 is 0. The van der Waals surface area contributed by atoms with E-state index in [4.69, 9.17) is 4.74 Å². The van der Waals surface area contributed by atoms with Crippen molar-refractivity contribution in [1.82, 2.24) is 9.80 Å². The van der Waals surface area contributed by atoms with Gasteiger partial charge < -0.3 is 14.5 Å². The van der Waals surface area contributed by atoms with Crippen molar-refractivity contribution in [3.8, 4) is 0 Å². The number of carbonyl (C=O) groups excluding carboxylic acids is 1. The molecule has 4 heteroatoms. The Morgan fingerprint density at radius 3 is 2.19 bits per heavy atom. The molecule has 1 aliphatic heterocycles. The van der Waals surface area contributed by atoms with Gasteiger partial charge in [0.25, 0.3) is 0 Å². The van der Waals surface area contributed by atoms with E-state index >= 15 is 0 Å². The highest BCUT2D eigenvalue weighted by Crippen LogP contribution is 2.24. The first-order valence-electron chi connectivity index (χ1n) is 6.47. The van der Waals surface area contributed by atoms with Gasteiger partial charge in [0.05, 0.1) is 0 Å². The molecule has 0 spiro atoms. The van der Waals surface area contributed by atoms with Crippen molar-refractivity contribution in [2.24, 2.45) is 0 Å². The molecular weight excluding hydrogens is 204 g/mol. The molecule has 0 aromatic rings. The largest absolute Gasteiger partial charge is 0.446 e. The van der Waals surface area contributed by atoms with Crippen molar-refractivity contribution in [2.45, 2.75) is 39.7 Å². The summed E-state index contributed by atoms with van der Waals surface area (Å²) in [5.74, 6) is 0. The van der Waals surface area contributed by atoms with Gasteiger partial charge in [-0.2, -0.15) is 0 Å². The first kappa shape index (κ1) is 13.3. The fourth-order valence-corrected chi connectivity index (χ4v) is 1.65. The first-order valence-corrected chi connectivity index (χ1v) is 6.47. The second-order valence-corrected chi connectivity index (χ2v) is 4.00. The molecule has 0 aromatic heterocycles. The first-order chi connectivity index (χ1) is 7.79. The summed E-state index contributed by atoms with van der Waals surface area (Å²) in [6, 6.07) is 0. The highest BCUT2D eigenvalue weighted by molar-refractivity contribution is 5.68. The highest BCUT2D eigenvalue weighted by Gasteiger charge is 2.29. The number of ether oxygens (including phenoxy) is 1. The minimum atomic E-state index is -0.108. The highest BCUT2D eigenvalue weighted by atomic mass is 16.6. The van der Waals surface area contributed by atoms with Crippen molar-refractivity contribution >= 4 is 6.09 Å². The Labute approximate surface area is 98.5 Å². The van der Waals surface area contributed by atoms with Crippen LogP contribution >= 0.6 is 0 Å². The Hall–Kier alpha value is -0.770. The van der Waals surface area contributed by atoms with Gasteiger partial charge in [-0.25, -0.2) is 4.79 Å². The van der Waals surface area contributed by atoms with Crippen LogP contribution in [0.5, 0.6) is 0 Å². The van der Waals surface area contributed by atoms with Crippen LogP contribution in [0.1, 0.15) is 33.6 Å². The van der Waals surface area contributed by atoms with Gasteiger partial charge in [-0.05, 0) is 19.4 Å². The molecule has 0 aromatic carbocycles. The summed E-state index contributed by atoms with van der Waals surface area (Å²) in [6.07, 6.45) is 2.23. The normalized spacial score (nSPS) is 21.1. The molecule has 1 saturated carbocycles. The molecule has 0 radical (unpaired) electrons. The quantitative estimate of drug-likeness (QED) is 0.724. The van der Waals surface area contributed by atoms with Gasteiger partial charge >= 0.3 is 6.09 Å². The van der Waals surface area contributed by atoms with Crippen LogP contribution in [0.4, 0.5) is 4.79 Å². The molecule has 4 nitrogen and oxygen atoms in total. The fraction of sp³-hybridized carbons (Fsp3) is 0.917. The summed E-state index contributed by atoms with van der Waals surface area (Å²) < 4.78 is 5.24. The lowest BCUT2D eigenvalue weighted by Crippen LogP contribution is -2.48. The number of hydrogen-bond acceptors (Lipinski definition) is 3. The zero-order valence-electron chi connectivity index (χ0n) is 10.7. The van der Waals surface area contributed by atoms with Crippen molar-refractivity contribution in [3.05, 3.63) is 0 Å². The molecule has 2 rings (SSSR count). The maximum Gasteiger partial charge on any atom is 0.410 e. The summed E-state index contributed by atoms with van der Waals surface area (Å²) in [7, 11) is 0. The third-order valence-electron chi connectivity index (χ3n) is 2.87. The number of piperazine rings is 1. The molecule has 2 aliphatic rings. The van der Waals surface area contributed by atoms with E-state index < -0.39 is 0 Å². The molecule has 1 saturated heterocycles. The maximum absolute atomic E-state index is 11.5. The molecular formula is C12H24N2O2. The van der Waals surface area contributed by atoms with Gasteiger partial charge in [0, 0.05) is 26.2 Å². The van der Waals surface area contributed by atoms with Crippen LogP contribution in [0, 0.1) is 0 Å². The van der Waals surface area contributed by atoms with Crippen LogP contribution in [-0.2, 0) is 4.74 Å². The Balaban J connectivity index is 0.000000606. The smallest absolute Gasteiger partial charge is 0.410 e. The minimum absolute atomic E-state index is 0.108. The third kappa shape index (κ3) is 4.00. The molecule has 0 unspecified atom stereocenters. The molecule has 16 heavy (non-hydrogen) atoms. The SMILES string of the molecule is CC.CCN1CCN(C(=O)OC2CC2)CC1. The lowest BCUT2D eigenvalue weighted by molar-refractivity contribution is 0.0727. The summed E-state index contributed by atoms with van der Waals surface area (Å²) in [5, 5.41) is 0. The Kier molecular flexibility index (Phi) is 5.60. The van der Waals surface area contributed by atoms with Crippen molar-refractivity contribution in [1.29, 1.82) is 0 Å². The molecule has 1 aliphatic carbocycles. The van der Waals surface area contributed by atoms with Crippen LogP contribution in [0.3, 0.4) is 0 Å². The van der Waals surface area contributed by atoms with Crippen molar-refractivity contribution in [2.75, 3.05) is 32.7 Å². The molecule has 2 fully saturated rings. The maximum atomic E-state index is 11.5. The predicted octanol–water partition coefficient (Wildman–Crippen LogP) is 1.95. The van der Waals surface area contributed by atoms with E-state index in [-0.39, 0.29) is 12.2 Å². The second-order valence-electron chi connectivity index (χ2n) is 4.00. The molecule has 1 heterocycles. The van der Waals surface area contributed by atoms with Crippen molar-refractivity contribution < 1.29 is 9.53 Å². The predicted molar refractivity (Wildman–Crippen MR) is 64.5 cm³/mol. The lowest BCUT2D eigenvalue weighted by Gasteiger charge is -2.33. The van der Waals surface area contributed by atoms with Gasteiger partial charge in [-0.15, -0.1) is 0 Å². The molecule has 0 atom stereocenters. The summed E-state index contributed by atoms with van der Waals surface area (Å²) in [4.78, 5) is 15.7. The third-order valence-corrected chi connectivity index (χ3v) is 2.87. The monoisotopic (exact) mass is 228 g/mol. The molecule has 0 bridgehead atoms. The van der Waals surface area contributed by atoms with E-state index in [0.29, 0.717) is 0 Å². The van der Waals surface area contributed by atoms with E-state index in [1.54, 1.807) is 0 Å². The topological polar surface area (TPSA) is 32.8 Å². The molecule has 1 amide bonds. The number of likely N-dealkylation sites (N-methyl/N-ethyl adjacent to an activating group) is 1. The van der Waals surface area contributed by atoms with Crippen LogP contribution in [0.15, 0.2) is 0 Å². The summed E-state index contributed by atoms with van der Waals surface area (Å²) in [6.45, 7) is 10.8. The van der Waals surface area contributed by atoms with Gasteiger partial charge in [0.2, 0.25) is 0 Å². The van der Waals surface area contributed by atoms with E-state index in [1.165, 1.54) is 0 Å². The Morgan fingerprint density at radius 2 is 1.75 bits per heavy atom. The molecule has 94 valence electrons. The van der Waals surface area contributed by atoms with E-state index in [9.17, 15) is 4.79 Å². The van der Waals surface area contributed by atoms with Gasteiger partial charge in [-0.3, -0.25) is 0 Å². The Bertz CT molecular complexity index is 209. The minimum Gasteiger partial charge on any atom is -0.446 e. The van der Waals surface area contributed by atoms with Gasteiger partial charge in [0.1, 0.15) is 6.10 Å². The van der Waals surface area contributed by atoms with Crippen molar-refractivity contribution in [3.63, 3.8) is 0 Å². The zero-order valence-corrected chi connectivity index (χ0v) is 10.7. The van der Waals surface area contributed by atoms with Gasteiger partial charge in [0.15, 0.2) is 0 Å². The number of carbonyl (C=O) groups is 1. The fourth-order valence-electron chi connectivity index (χ4n) is 1.65. The zero-order chi connectivity index (χ0) is 12.0. The van der Waals surface area contributed by atoms with E-state index in [2.05, 4.69) is 11.8 Å². The molecule has 0 N–H and O–H groups in total. The Morgan fingerprint density at radius 1 is 1.19 bits per heavy atom. The van der Waals surface area contributed by atoms with Crippen LogP contribution in [-0.4, -0.2) is 54.7 Å². The number of rotatable bonds is 2. The summed E-state index contributed by atoms with van der Waals surface area (Å²) in [5.41, 5.74) is 0. The average Bonchev–Trinajstić information content (AvgIpc) is 3.16. The van der Waals surface area contributed by atoms with Crippen LogP contribution in [0.25, 0.3) is 0 Å². The van der Waals surface area contributed by atoms with Gasteiger partial charge in [-0.1, -0.05) is 20.8 Å². The van der Waals surface area contributed by atoms with E-state index in [1.807, 2.05) is 18.7 Å². The second kappa shape index (κ2) is 6.74. The number of nitrogens with zero attached hydrogens (tertiary/aromatic N) is 2.